The lowest BCUT2D eigenvalue weighted by atomic mass is 9.99. The zero-order chi connectivity index (χ0) is 24.1. The van der Waals surface area contributed by atoms with Crippen molar-refractivity contribution in [3.63, 3.8) is 0 Å². The van der Waals surface area contributed by atoms with Crippen molar-refractivity contribution in [2.24, 2.45) is 0 Å². The molecule has 0 aromatic heterocycles. The first-order chi connectivity index (χ1) is 15.7. The third-order valence-electron chi connectivity index (χ3n) is 5.32. The van der Waals surface area contributed by atoms with Gasteiger partial charge in [0.1, 0.15) is 19.2 Å². The van der Waals surface area contributed by atoms with E-state index in [9.17, 15) is 14.4 Å². The fourth-order valence-electron chi connectivity index (χ4n) is 3.82. The van der Waals surface area contributed by atoms with E-state index in [4.69, 9.17) is 14.2 Å². The Morgan fingerprint density at radius 1 is 1.12 bits per heavy atom. The summed E-state index contributed by atoms with van der Waals surface area (Å²) in [5.41, 5.74) is 2.55. The highest BCUT2D eigenvalue weighted by Crippen LogP contribution is 2.34. The molecule has 2 aromatic rings. The molecule has 1 fully saturated rings. The van der Waals surface area contributed by atoms with E-state index in [1.807, 2.05) is 43.3 Å². The summed E-state index contributed by atoms with van der Waals surface area (Å²) in [5.74, 6) is 0.318. The van der Waals surface area contributed by atoms with Gasteiger partial charge in [0.25, 0.3) is 5.91 Å². The number of carbonyl (C=O) groups is 3. The van der Waals surface area contributed by atoms with Crippen LogP contribution in [0.4, 0.5) is 4.79 Å². The Morgan fingerprint density at radius 3 is 2.45 bits per heavy atom. The zero-order valence-electron chi connectivity index (χ0n) is 19.7. The molecule has 8 nitrogen and oxygen atoms in total. The molecule has 0 aliphatic carbocycles. The molecule has 3 rings (SSSR count). The lowest BCUT2D eigenvalue weighted by Crippen LogP contribution is -2.61. The van der Waals surface area contributed by atoms with E-state index >= 15 is 0 Å². The number of ether oxygens (including phenoxy) is 3. The van der Waals surface area contributed by atoms with Crippen molar-refractivity contribution in [1.29, 1.82) is 0 Å². The number of imide groups is 1. The maximum absolute atomic E-state index is 12.9. The lowest BCUT2D eigenvalue weighted by Gasteiger charge is -2.37. The molecule has 0 N–H and O–H groups in total. The van der Waals surface area contributed by atoms with Crippen LogP contribution in [0.1, 0.15) is 30.5 Å². The van der Waals surface area contributed by atoms with Gasteiger partial charge in [-0.15, -0.1) is 0 Å². The van der Waals surface area contributed by atoms with E-state index in [0.717, 1.165) is 21.6 Å². The molecule has 0 spiro atoms. The van der Waals surface area contributed by atoms with Crippen LogP contribution >= 0.6 is 0 Å². The van der Waals surface area contributed by atoms with Gasteiger partial charge >= 0.3 is 6.09 Å². The number of hydrogen-bond donors (Lipinski definition) is 0. The number of hydrogen-bond acceptors (Lipinski definition) is 6. The first-order valence-corrected chi connectivity index (χ1v) is 10.8. The largest absolute Gasteiger partial charge is 0.493 e. The molecule has 1 unspecified atom stereocenters. The van der Waals surface area contributed by atoms with Crippen LogP contribution < -0.4 is 9.47 Å². The Kier molecular flexibility index (Phi) is 7.58. The van der Waals surface area contributed by atoms with Crippen molar-refractivity contribution in [2.75, 3.05) is 20.7 Å². The second-order valence-electron chi connectivity index (χ2n) is 8.33. The molecule has 1 saturated heterocycles. The van der Waals surface area contributed by atoms with Crippen molar-refractivity contribution in [1.82, 2.24) is 9.80 Å². The molecule has 1 atom stereocenters. The third kappa shape index (κ3) is 5.63. The average molecular weight is 455 g/mol. The number of benzene rings is 2. The Bertz CT molecular complexity index is 1020. The molecule has 0 bridgehead atoms. The molecule has 1 aliphatic rings. The summed E-state index contributed by atoms with van der Waals surface area (Å²) >= 11 is 0. The minimum atomic E-state index is -1.00. The third-order valence-corrected chi connectivity index (χ3v) is 5.32. The molecule has 8 heteroatoms. The van der Waals surface area contributed by atoms with Crippen molar-refractivity contribution >= 4 is 17.9 Å². The van der Waals surface area contributed by atoms with Crippen molar-refractivity contribution in [3.8, 4) is 11.5 Å². The quantitative estimate of drug-likeness (QED) is 0.638. The molecule has 1 aliphatic heterocycles. The molecule has 0 radical (unpaired) electrons. The number of aryl methyl sites for hydroxylation is 1. The second kappa shape index (κ2) is 10.4. The van der Waals surface area contributed by atoms with Gasteiger partial charge in [-0.2, -0.15) is 0 Å². The number of amides is 3. The minimum absolute atomic E-state index is 0.134. The van der Waals surface area contributed by atoms with Gasteiger partial charge in [-0.25, -0.2) is 9.69 Å². The highest BCUT2D eigenvalue weighted by Gasteiger charge is 2.42. The van der Waals surface area contributed by atoms with Gasteiger partial charge in [0.15, 0.2) is 11.5 Å². The Balaban J connectivity index is 1.90. The van der Waals surface area contributed by atoms with Gasteiger partial charge in [-0.05, 0) is 43.5 Å². The highest BCUT2D eigenvalue weighted by molar-refractivity contribution is 6.03. The van der Waals surface area contributed by atoms with E-state index in [2.05, 4.69) is 0 Å². The Morgan fingerprint density at radius 2 is 1.82 bits per heavy atom. The van der Waals surface area contributed by atoms with E-state index in [0.29, 0.717) is 18.1 Å². The van der Waals surface area contributed by atoms with E-state index < -0.39 is 24.1 Å². The first kappa shape index (κ1) is 24.1. The molecule has 176 valence electrons. The number of piperazine rings is 1. The van der Waals surface area contributed by atoms with Crippen LogP contribution in [0.15, 0.2) is 42.5 Å². The topological polar surface area (TPSA) is 85.4 Å². The summed E-state index contributed by atoms with van der Waals surface area (Å²) in [5, 5.41) is 0. The lowest BCUT2D eigenvalue weighted by molar-refractivity contribution is -0.152. The maximum atomic E-state index is 12.9. The van der Waals surface area contributed by atoms with Crippen LogP contribution in [0.2, 0.25) is 0 Å². The fraction of sp³-hybridized carbons (Fsp3) is 0.400. The summed E-state index contributed by atoms with van der Waals surface area (Å²) in [4.78, 5) is 40.5. The van der Waals surface area contributed by atoms with Crippen molar-refractivity contribution in [3.05, 3.63) is 59.2 Å². The summed E-state index contributed by atoms with van der Waals surface area (Å²) in [6.45, 7) is 5.44. The van der Waals surface area contributed by atoms with Crippen LogP contribution in [0.3, 0.4) is 0 Å². The summed E-state index contributed by atoms with van der Waals surface area (Å²) < 4.78 is 16.8. The number of likely N-dealkylation sites (N-methyl/N-ethyl adjacent to an activating group) is 1. The number of carbonyl (C=O) groups excluding carboxylic acids is 3. The molecule has 0 saturated carbocycles. The summed E-state index contributed by atoms with van der Waals surface area (Å²) in [7, 11) is 3.12. The Hall–Kier alpha value is -3.55. The summed E-state index contributed by atoms with van der Waals surface area (Å²) in [6.07, 6.45) is -1.09. The Labute approximate surface area is 194 Å². The van der Waals surface area contributed by atoms with Crippen LogP contribution in [0.5, 0.6) is 11.5 Å². The van der Waals surface area contributed by atoms with Gasteiger partial charge in [-0.3, -0.25) is 9.59 Å². The van der Waals surface area contributed by atoms with Crippen LogP contribution in [-0.2, 0) is 27.4 Å². The van der Waals surface area contributed by atoms with E-state index in [1.54, 1.807) is 34.1 Å². The molecular weight excluding hydrogens is 424 g/mol. The molecule has 1 heterocycles. The number of rotatable bonds is 7. The monoisotopic (exact) mass is 454 g/mol. The first-order valence-electron chi connectivity index (χ1n) is 10.8. The second-order valence-corrected chi connectivity index (χ2v) is 8.33. The van der Waals surface area contributed by atoms with Gasteiger partial charge in [0.05, 0.1) is 13.2 Å². The number of methoxy groups -OCH3 is 1. The summed E-state index contributed by atoms with van der Waals surface area (Å²) in [6, 6.07) is 12.4. The standard InChI is InChI=1S/C25H30N2O6/c1-16(2)33-25(30)27-20(24(29)26(4)14-22(27)28)12-19-11-17(3)23(31-5)21(13-19)32-15-18-9-7-6-8-10-18/h6-11,13,16,20H,12,14-15H2,1-5H3. The van der Waals surface area contributed by atoms with Gasteiger partial charge < -0.3 is 19.1 Å². The minimum Gasteiger partial charge on any atom is -0.493 e. The van der Waals surface area contributed by atoms with Gasteiger partial charge in [0.2, 0.25) is 5.91 Å². The zero-order valence-corrected chi connectivity index (χ0v) is 19.7. The normalized spacial score (nSPS) is 16.2. The SMILES string of the molecule is COc1c(C)cc(CC2C(=O)N(C)CC(=O)N2C(=O)OC(C)C)cc1OCc1ccccc1. The van der Waals surface area contributed by atoms with E-state index in [-0.39, 0.29) is 18.9 Å². The number of nitrogens with zero attached hydrogens (tertiary/aromatic N) is 2. The smallest absolute Gasteiger partial charge is 0.417 e. The van der Waals surface area contributed by atoms with Gasteiger partial charge in [0, 0.05) is 13.5 Å². The predicted molar refractivity (Wildman–Crippen MR) is 122 cm³/mol. The predicted octanol–water partition coefficient (Wildman–Crippen LogP) is 3.34. The highest BCUT2D eigenvalue weighted by atomic mass is 16.6. The van der Waals surface area contributed by atoms with Crippen LogP contribution in [0.25, 0.3) is 0 Å². The van der Waals surface area contributed by atoms with Gasteiger partial charge in [-0.1, -0.05) is 36.4 Å². The average Bonchev–Trinajstić information content (AvgIpc) is 2.76. The van der Waals surface area contributed by atoms with E-state index in [1.165, 1.54) is 4.90 Å². The molecule has 3 amide bonds. The molecule has 2 aromatic carbocycles. The maximum Gasteiger partial charge on any atom is 0.417 e. The molecular formula is C25H30N2O6. The fourth-order valence-corrected chi connectivity index (χ4v) is 3.82. The van der Waals surface area contributed by atoms with Crippen LogP contribution in [-0.4, -0.2) is 60.6 Å². The molecule has 33 heavy (non-hydrogen) atoms. The van der Waals surface area contributed by atoms with Crippen molar-refractivity contribution < 1.29 is 28.6 Å². The van der Waals surface area contributed by atoms with Crippen molar-refractivity contribution in [2.45, 2.75) is 45.9 Å². The van der Waals surface area contributed by atoms with Crippen LogP contribution in [0, 0.1) is 6.92 Å².